The minimum Gasteiger partial charge on any atom is -0.458 e. The van der Waals surface area contributed by atoms with Gasteiger partial charge in [-0.05, 0) is 31.9 Å². The lowest BCUT2D eigenvalue weighted by molar-refractivity contribution is -0.157. The molecule has 6 nitrogen and oxygen atoms in total. The molecule has 0 saturated heterocycles. The van der Waals surface area contributed by atoms with Crippen molar-refractivity contribution in [3.8, 4) is 0 Å². The molecule has 1 amide bonds. The second kappa shape index (κ2) is 9.69. The van der Waals surface area contributed by atoms with Crippen LogP contribution in [0, 0.1) is 0 Å². The van der Waals surface area contributed by atoms with E-state index in [0.717, 1.165) is 17.4 Å². The summed E-state index contributed by atoms with van der Waals surface area (Å²) in [5, 5.41) is 2.58. The van der Waals surface area contributed by atoms with Crippen molar-refractivity contribution in [3.63, 3.8) is 0 Å². The largest absolute Gasteiger partial charge is 0.458 e. The van der Waals surface area contributed by atoms with Gasteiger partial charge in [-0.15, -0.1) is 0 Å². The van der Waals surface area contributed by atoms with Crippen molar-refractivity contribution < 1.29 is 23.9 Å². The number of esters is 1. The average Bonchev–Trinajstić information content (AvgIpc) is 2.66. The van der Waals surface area contributed by atoms with Crippen LogP contribution >= 0.6 is 0 Å². The Bertz CT molecular complexity index is 794. The first-order valence-electron chi connectivity index (χ1n) is 9.01. The SMILES string of the molecule is CC(C)(C)OC(=O)C(Cc1ccc(C=O)cc1)NC(=O)OCc1ccccc1. The summed E-state index contributed by atoms with van der Waals surface area (Å²) in [6, 6.07) is 15.1. The first kappa shape index (κ1) is 21.2. The van der Waals surface area contributed by atoms with Crippen LogP contribution in [0.15, 0.2) is 54.6 Å². The van der Waals surface area contributed by atoms with Gasteiger partial charge in [0.25, 0.3) is 0 Å². The highest BCUT2D eigenvalue weighted by molar-refractivity contribution is 5.82. The predicted molar refractivity (Wildman–Crippen MR) is 105 cm³/mol. The first-order chi connectivity index (χ1) is 13.3. The van der Waals surface area contributed by atoms with E-state index >= 15 is 0 Å². The van der Waals surface area contributed by atoms with Gasteiger partial charge in [-0.2, -0.15) is 0 Å². The molecule has 0 heterocycles. The lowest BCUT2D eigenvalue weighted by atomic mass is 10.0. The molecule has 0 fully saturated rings. The number of hydrogen-bond acceptors (Lipinski definition) is 5. The molecule has 28 heavy (non-hydrogen) atoms. The number of hydrogen-bond donors (Lipinski definition) is 1. The highest BCUT2D eigenvalue weighted by Crippen LogP contribution is 2.12. The van der Waals surface area contributed by atoms with Crippen LogP contribution in [0.2, 0.25) is 0 Å². The molecule has 0 saturated carbocycles. The van der Waals surface area contributed by atoms with E-state index in [2.05, 4.69) is 5.32 Å². The van der Waals surface area contributed by atoms with Crippen LogP contribution in [0.4, 0.5) is 4.79 Å². The summed E-state index contributed by atoms with van der Waals surface area (Å²) in [6.07, 6.45) is 0.257. The zero-order chi connectivity index (χ0) is 20.6. The Hall–Kier alpha value is -3.15. The standard InChI is InChI=1S/C22H25NO5/c1-22(2,3)28-20(25)19(13-16-9-11-17(14-24)12-10-16)23-21(26)27-15-18-7-5-4-6-8-18/h4-12,14,19H,13,15H2,1-3H3,(H,23,26). The van der Waals surface area contributed by atoms with Crippen LogP contribution in [0.3, 0.4) is 0 Å². The van der Waals surface area contributed by atoms with E-state index in [9.17, 15) is 14.4 Å². The van der Waals surface area contributed by atoms with Gasteiger partial charge in [0.05, 0.1) is 0 Å². The van der Waals surface area contributed by atoms with Gasteiger partial charge in [-0.1, -0.05) is 54.6 Å². The topological polar surface area (TPSA) is 81.7 Å². The minimum absolute atomic E-state index is 0.0990. The highest BCUT2D eigenvalue weighted by atomic mass is 16.6. The third-order valence-corrected chi connectivity index (χ3v) is 3.75. The van der Waals surface area contributed by atoms with Crippen molar-refractivity contribution in [1.82, 2.24) is 5.32 Å². The van der Waals surface area contributed by atoms with Gasteiger partial charge in [-0.25, -0.2) is 9.59 Å². The highest BCUT2D eigenvalue weighted by Gasteiger charge is 2.27. The smallest absolute Gasteiger partial charge is 0.408 e. The Morgan fingerprint density at radius 1 is 1.00 bits per heavy atom. The van der Waals surface area contributed by atoms with Gasteiger partial charge in [0.2, 0.25) is 0 Å². The number of nitrogens with one attached hydrogen (secondary N) is 1. The summed E-state index contributed by atoms with van der Waals surface area (Å²) in [7, 11) is 0. The number of rotatable bonds is 7. The predicted octanol–water partition coefficient (Wildman–Crippen LogP) is 3.68. The molecule has 1 unspecified atom stereocenters. The summed E-state index contributed by atoms with van der Waals surface area (Å²) >= 11 is 0. The molecule has 2 rings (SSSR count). The molecule has 0 radical (unpaired) electrons. The Morgan fingerprint density at radius 2 is 1.64 bits per heavy atom. The van der Waals surface area contributed by atoms with E-state index in [0.29, 0.717) is 5.56 Å². The van der Waals surface area contributed by atoms with E-state index in [1.54, 1.807) is 45.0 Å². The zero-order valence-electron chi connectivity index (χ0n) is 16.3. The second-order valence-corrected chi connectivity index (χ2v) is 7.36. The second-order valence-electron chi connectivity index (χ2n) is 7.36. The van der Waals surface area contributed by atoms with Crippen LogP contribution in [-0.4, -0.2) is 30.0 Å². The van der Waals surface area contributed by atoms with E-state index in [-0.39, 0.29) is 13.0 Å². The third kappa shape index (κ3) is 7.23. The van der Waals surface area contributed by atoms with E-state index in [1.807, 2.05) is 30.3 Å². The van der Waals surface area contributed by atoms with Crippen LogP contribution in [0.25, 0.3) is 0 Å². The molecule has 2 aromatic carbocycles. The molecule has 2 aromatic rings. The molecule has 1 atom stereocenters. The number of aldehydes is 1. The van der Waals surface area contributed by atoms with Gasteiger partial charge >= 0.3 is 12.1 Å². The fourth-order valence-corrected chi connectivity index (χ4v) is 2.44. The van der Waals surface area contributed by atoms with Crippen molar-refractivity contribution >= 4 is 18.3 Å². The van der Waals surface area contributed by atoms with Gasteiger partial charge in [0.1, 0.15) is 24.5 Å². The minimum atomic E-state index is -0.912. The quantitative estimate of drug-likeness (QED) is 0.583. The Kier molecular flexibility index (Phi) is 7.32. The molecular weight excluding hydrogens is 358 g/mol. The molecule has 6 heteroatoms. The van der Waals surface area contributed by atoms with Gasteiger partial charge in [0, 0.05) is 12.0 Å². The number of amides is 1. The van der Waals surface area contributed by atoms with Gasteiger partial charge in [-0.3, -0.25) is 4.79 Å². The molecule has 0 aliphatic rings. The monoisotopic (exact) mass is 383 g/mol. The molecule has 0 aromatic heterocycles. The summed E-state index contributed by atoms with van der Waals surface area (Å²) in [4.78, 5) is 35.5. The Morgan fingerprint density at radius 3 is 2.21 bits per heavy atom. The van der Waals surface area contributed by atoms with Crippen LogP contribution < -0.4 is 5.32 Å². The number of benzene rings is 2. The molecule has 0 aliphatic heterocycles. The maximum absolute atomic E-state index is 12.5. The molecule has 1 N–H and O–H groups in total. The van der Waals surface area contributed by atoms with Crippen molar-refractivity contribution in [1.29, 1.82) is 0 Å². The summed E-state index contributed by atoms with van der Waals surface area (Å²) < 4.78 is 10.6. The van der Waals surface area contributed by atoms with E-state index in [4.69, 9.17) is 9.47 Å². The maximum Gasteiger partial charge on any atom is 0.408 e. The van der Waals surface area contributed by atoms with E-state index in [1.165, 1.54) is 0 Å². The number of ether oxygens (including phenoxy) is 2. The molecule has 0 bridgehead atoms. The number of alkyl carbamates (subject to hydrolysis) is 1. The third-order valence-electron chi connectivity index (χ3n) is 3.75. The van der Waals surface area contributed by atoms with Crippen molar-refractivity contribution in [2.75, 3.05) is 0 Å². The summed E-state index contributed by atoms with van der Waals surface area (Å²) in [5.41, 5.74) is 1.47. The van der Waals surface area contributed by atoms with Crippen molar-refractivity contribution in [3.05, 3.63) is 71.3 Å². The Balaban J connectivity index is 2.04. The molecular formula is C22H25NO5. The number of carbonyl (C=O) groups excluding carboxylic acids is 3. The van der Waals surface area contributed by atoms with Crippen LogP contribution in [0.1, 0.15) is 42.3 Å². The fourth-order valence-electron chi connectivity index (χ4n) is 2.44. The summed E-state index contributed by atoms with van der Waals surface area (Å²) in [6.45, 7) is 5.37. The number of carbonyl (C=O) groups is 3. The van der Waals surface area contributed by atoms with Crippen molar-refractivity contribution in [2.24, 2.45) is 0 Å². The van der Waals surface area contributed by atoms with Gasteiger partial charge < -0.3 is 14.8 Å². The summed E-state index contributed by atoms with van der Waals surface area (Å²) in [5.74, 6) is -0.552. The zero-order valence-corrected chi connectivity index (χ0v) is 16.3. The van der Waals surface area contributed by atoms with Crippen LogP contribution in [-0.2, 0) is 27.3 Å². The van der Waals surface area contributed by atoms with Crippen LogP contribution in [0.5, 0.6) is 0 Å². The molecule has 148 valence electrons. The van der Waals surface area contributed by atoms with Crippen molar-refractivity contribution in [2.45, 2.75) is 45.4 Å². The Labute approximate surface area is 164 Å². The fraction of sp³-hybridized carbons (Fsp3) is 0.318. The normalized spacial score (nSPS) is 12.0. The first-order valence-corrected chi connectivity index (χ1v) is 9.01. The van der Waals surface area contributed by atoms with Gasteiger partial charge in [0.15, 0.2) is 0 Å². The lowest BCUT2D eigenvalue weighted by Gasteiger charge is -2.24. The van der Waals surface area contributed by atoms with E-state index < -0.39 is 23.7 Å². The molecule has 0 aliphatic carbocycles. The maximum atomic E-state index is 12.5. The lowest BCUT2D eigenvalue weighted by Crippen LogP contribution is -2.45. The molecule has 0 spiro atoms. The average molecular weight is 383 g/mol.